The van der Waals surface area contributed by atoms with Crippen LogP contribution < -0.4 is 5.32 Å². The molecule has 2 rings (SSSR count). The van der Waals surface area contributed by atoms with Crippen LogP contribution in [0.3, 0.4) is 0 Å². The van der Waals surface area contributed by atoms with E-state index in [-0.39, 0.29) is 24.0 Å². The van der Waals surface area contributed by atoms with Gasteiger partial charge >= 0.3 is 12.0 Å². The van der Waals surface area contributed by atoms with Gasteiger partial charge in [-0.25, -0.2) is 4.79 Å². The second kappa shape index (κ2) is 6.67. The number of carbonyl (C=O) groups is 2. The van der Waals surface area contributed by atoms with E-state index in [0.29, 0.717) is 31.2 Å². The highest BCUT2D eigenvalue weighted by Crippen LogP contribution is 2.30. The van der Waals surface area contributed by atoms with Gasteiger partial charge in [0, 0.05) is 18.6 Å². The fourth-order valence-electron chi connectivity index (χ4n) is 3.73. The lowest BCUT2D eigenvalue weighted by Gasteiger charge is -2.40. The number of carboxylic acid groups (broad SMARTS) is 1. The molecule has 120 valence electrons. The van der Waals surface area contributed by atoms with E-state index < -0.39 is 5.97 Å². The van der Waals surface area contributed by atoms with Gasteiger partial charge in [0.2, 0.25) is 0 Å². The molecular weight excluding hydrogens is 268 g/mol. The summed E-state index contributed by atoms with van der Waals surface area (Å²) in [5, 5.41) is 12.3. The monoisotopic (exact) mass is 296 g/mol. The second-order valence-electron chi connectivity index (χ2n) is 6.93. The van der Waals surface area contributed by atoms with Gasteiger partial charge < -0.3 is 15.3 Å². The highest BCUT2D eigenvalue weighted by atomic mass is 16.4. The van der Waals surface area contributed by atoms with Crippen LogP contribution in [0, 0.1) is 17.8 Å². The number of rotatable bonds is 2. The molecule has 0 aromatic carbocycles. The van der Waals surface area contributed by atoms with Crippen LogP contribution in [0.1, 0.15) is 52.9 Å². The molecular formula is C16H28N2O3. The van der Waals surface area contributed by atoms with Gasteiger partial charge in [0.05, 0.1) is 5.92 Å². The van der Waals surface area contributed by atoms with Crippen molar-refractivity contribution in [3.05, 3.63) is 0 Å². The molecule has 0 aromatic heterocycles. The van der Waals surface area contributed by atoms with Crippen molar-refractivity contribution < 1.29 is 14.7 Å². The zero-order valence-corrected chi connectivity index (χ0v) is 13.3. The van der Waals surface area contributed by atoms with E-state index in [1.807, 2.05) is 11.8 Å². The Morgan fingerprint density at radius 2 is 1.86 bits per heavy atom. The first-order valence-corrected chi connectivity index (χ1v) is 8.20. The van der Waals surface area contributed by atoms with Crippen molar-refractivity contribution in [2.24, 2.45) is 17.8 Å². The molecule has 21 heavy (non-hydrogen) atoms. The molecule has 2 N–H and O–H groups in total. The third-order valence-electron chi connectivity index (χ3n) is 5.50. The first-order chi connectivity index (χ1) is 9.90. The van der Waals surface area contributed by atoms with E-state index in [1.54, 1.807) is 0 Å². The minimum Gasteiger partial charge on any atom is -0.481 e. The molecule has 2 aliphatic rings. The standard InChI is InChI=1S/C16H28N2O3/c1-10-5-4-6-14(12(10)3)17-16(21)18-8-7-13(15(19)20)9-11(18)2/h10-14H,4-9H2,1-3H3,(H,17,21)(H,19,20). The molecule has 1 heterocycles. The first-order valence-electron chi connectivity index (χ1n) is 8.20. The maximum absolute atomic E-state index is 12.5. The maximum atomic E-state index is 12.5. The van der Waals surface area contributed by atoms with Gasteiger partial charge in [-0.1, -0.05) is 26.7 Å². The van der Waals surface area contributed by atoms with Gasteiger partial charge in [-0.3, -0.25) is 4.79 Å². The molecule has 5 nitrogen and oxygen atoms in total. The SMILES string of the molecule is CC1CCCC(NC(=O)N2CCC(C(=O)O)CC2C)C1C. The Labute approximate surface area is 127 Å². The average Bonchev–Trinajstić information content (AvgIpc) is 2.43. The summed E-state index contributed by atoms with van der Waals surface area (Å²) >= 11 is 0. The third-order valence-corrected chi connectivity index (χ3v) is 5.50. The third kappa shape index (κ3) is 3.69. The lowest BCUT2D eigenvalue weighted by Crippen LogP contribution is -2.54. The first kappa shape index (κ1) is 16.1. The molecule has 5 atom stereocenters. The van der Waals surface area contributed by atoms with Gasteiger partial charge in [0.25, 0.3) is 0 Å². The topological polar surface area (TPSA) is 69.6 Å². The Morgan fingerprint density at radius 1 is 1.14 bits per heavy atom. The van der Waals surface area contributed by atoms with Crippen molar-refractivity contribution in [2.75, 3.05) is 6.54 Å². The van der Waals surface area contributed by atoms with Crippen LogP contribution >= 0.6 is 0 Å². The normalized spacial score (nSPS) is 37.1. The van der Waals surface area contributed by atoms with E-state index in [1.165, 1.54) is 12.8 Å². The number of nitrogens with zero attached hydrogens (tertiary/aromatic N) is 1. The van der Waals surface area contributed by atoms with E-state index in [2.05, 4.69) is 19.2 Å². The summed E-state index contributed by atoms with van der Waals surface area (Å²) in [5.41, 5.74) is 0. The Bertz CT molecular complexity index is 399. The van der Waals surface area contributed by atoms with E-state index in [4.69, 9.17) is 5.11 Å². The highest BCUT2D eigenvalue weighted by Gasteiger charge is 2.34. The number of aliphatic carboxylic acids is 1. The van der Waals surface area contributed by atoms with Gasteiger partial charge in [-0.05, 0) is 38.0 Å². The number of nitrogens with one attached hydrogen (secondary N) is 1. The van der Waals surface area contributed by atoms with Crippen LogP contribution in [-0.2, 0) is 4.79 Å². The van der Waals surface area contributed by atoms with Crippen molar-refractivity contribution in [2.45, 2.75) is 65.0 Å². The number of carbonyl (C=O) groups excluding carboxylic acids is 1. The van der Waals surface area contributed by atoms with Gasteiger partial charge in [0.15, 0.2) is 0 Å². The number of hydrogen-bond donors (Lipinski definition) is 2. The zero-order valence-electron chi connectivity index (χ0n) is 13.3. The summed E-state index contributed by atoms with van der Waals surface area (Å²) in [6.07, 6.45) is 4.58. The summed E-state index contributed by atoms with van der Waals surface area (Å²) in [5.74, 6) is 0.114. The van der Waals surface area contributed by atoms with Crippen LogP contribution in [-0.4, -0.2) is 40.6 Å². The zero-order chi connectivity index (χ0) is 15.6. The molecule has 1 aliphatic heterocycles. The molecule has 2 amide bonds. The Balaban J connectivity index is 1.90. The number of carboxylic acids is 1. The lowest BCUT2D eigenvalue weighted by atomic mass is 9.78. The molecule has 0 radical (unpaired) electrons. The summed E-state index contributed by atoms with van der Waals surface area (Å²) in [6, 6.07) is 0.235. The van der Waals surface area contributed by atoms with E-state index in [9.17, 15) is 9.59 Å². The maximum Gasteiger partial charge on any atom is 0.317 e. The van der Waals surface area contributed by atoms with Crippen LogP contribution in [0.5, 0.6) is 0 Å². The summed E-state index contributed by atoms with van der Waals surface area (Å²) in [4.78, 5) is 25.3. The average molecular weight is 296 g/mol. The molecule has 0 spiro atoms. The smallest absolute Gasteiger partial charge is 0.317 e. The number of amides is 2. The molecule has 2 fully saturated rings. The molecule has 0 bridgehead atoms. The van der Waals surface area contributed by atoms with Crippen molar-refractivity contribution in [3.8, 4) is 0 Å². The predicted octanol–water partition coefficient (Wildman–Crippen LogP) is 2.71. The minimum atomic E-state index is -0.739. The Morgan fingerprint density at radius 3 is 2.48 bits per heavy atom. The van der Waals surface area contributed by atoms with Crippen LogP contribution in [0.25, 0.3) is 0 Å². The fourth-order valence-corrected chi connectivity index (χ4v) is 3.73. The van der Waals surface area contributed by atoms with Gasteiger partial charge in [0.1, 0.15) is 0 Å². The van der Waals surface area contributed by atoms with Crippen LogP contribution in [0.15, 0.2) is 0 Å². The molecule has 1 saturated carbocycles. The lowest BCUT2D eigenvalue weighted by molar-refractivity contribution is -0.143. The fraction of sp³-hybridized carbons (Fsp3) is 0.875. The highest BCUT2D eigenvalue weighted by molar-refractivity contribution is 5.76. The van der Waals surface area contributed by atoms with E-state index in [0.717, 1.165) is 6.42 Å². The number of likely N-dealkylation sites (tertiary alicyclic amines) is 1. The second-order valence-corrected chi connectivity index (χ2v) is 6.93. The quantitative estimate of drug-likeness (QED) is 0.823. The number of hydrogen-bond acceptors (Lipinski definition) is 2. The largest absolute Gasteiger partial charge is 0.481 e. The predicted molar refractivity (Wildman–Crippen MR) is 81.0 cm³/mol. The number of piperidine rings is 1. The summed E-state index contributed by atoms with van der Waals surface area (Å²) < 4.78 is 0. The molecule has 5 unspecified atom stereocenters. The molecule has 1 aliphatic carbocycles. The molecule has 0 aromatic rings. The van der Waals surface area contributed by atoms with Crippen LogP contribution in [0.2, 0.25) is 0 Å². The van der Waals surface area contributed by atoms with Gasteiger partial charge in [-0.15, -0.1) is 0 Å². The minimum absolute atomic E-state index is 0.00355. The van der Waals surface area contributed by atoms with Crippen molar-refractivity contribution in [1.29, 1.82) is 0 Å². The number of urea groups is 1. The summed E-state index contributed by atoms with van der Waals surface area (Å²) in [6.45, 7) is 6.96. The van der Waals surface area contributed by atoms with Crippen molar-refractivity contribution in [3.63, 3.8) is 0 Å². The molecule has 5 heteroatoms. The van der Waals surface area contributed by atoms with Crippen LogP contribution in [0.4, 0.5) is 4.79 Å². The van der Waals surface area contributed by atoms with E-state index >= 15 is 0 Å². The van der Waals surface area contributed by atoms with Crippen molar-refractivity contribution >= 4 is 12.0 Å². The Hall–Kier alpha value is -1.26. The molecule has 1 saturated heterocycles. The Kier molecular flexibility index (Phi) is 5.12. The summed E-state index contributed by atoms with van der Waals surface area (Å²) in [7, 11) is 0. The van der Waals surface area contributed by atoms with Crippen molar-refractivity contribution in [1.82, 2.24) is 10.2 Å². The van der Waals surface area contributed by atoms with Gasteiger partial charge in [-0.2, -0.15) is 0 Å².